The Balaban J connectivity index is 1.55. The van der Waals surface area contributed by atoms with E-state index < -0.39 is 0 Å². The van der Waals surface area contributed by atoms with Crippen molar-refractivity contribution in [3.8, 4) is 23.8 Å². The predicted octanol–water partition coefficient (Wildman–Crippen LogP) is 3.47. The van der Waals surface area contributed by atoms with Gasteiger partial charge in [0.1, 0.15) is 17.6 Å². The van der Waals surface area contributed by atoms with E-state index in [2.05, 4.69) is 15.0 Å². The summed E-state index contributed by atoms with van der Waals surface area (Å²) in [5.41, 5.74) is 3.50. The fourth-order valence-electron chi connectivity index (χ4n) is 3.51. The molecule has 0 spiro atoms. The maximum atomic E-state index is 12.8. The normalized spacial score (nSPS) is 10.7. The number of ether oxygens (including phenoxy) is 1. The average Bonchev–Trinajstić information content (AvgIpc) is 3.40. The third kappa shape index (κ3) is 3.65. The van der Waals surface area contributed by atoms with E-state index in [0.717, 1.165) is 16.7 Å². The van der Waals surface area contributed by atoms with Crippen molar-refractivity contribution in [1.29, 1.82) is 10.5 Å². The molecule has 31 heavy (non-hydrogen) atoms. The number of H-pyrrole nitrogens is 1. The molecule has 1 aromatic carbocycles. The number of aryl methyl sites for hydroxylation is 2. The number of nitriles is 2. The van der Waals surface area contributed by atoms with Gasteiger partial charge >= 0.3 is 0 Å². The largest absolute Gasteiger partial charge is 0.485 e. The summed E-state index contributed by atoms with van der Waals surface area (Å²) in [5.74, 6) is 1.57. The van der Waals surface area contributed by atoms with Crippen LogP contribution < -0.4 is 4.74 Å². The Morgan fingerprint density at radius 2 is 2.03 bits per heavy atom. The molecule has 0 saturated heterocycles. The Bertz CT molecular complexity index is 1390. The SMILES string of the molecule is Cc1nc(C#N)c(-n2c(C)cc(C(=O)COc3ccc4nc(CC#N)[nH]c4c3)c2C)o1. The van der Waals surface area contributed by atoms with Crippen LogP contribution in [0.5, 0.6) is 5.75 Å². The number of hydrogen-bond donors (Lipinski definition) is 1. The topological polar surface area (TPSA) is 134 Å². The van der Waals surface area contributed by atoms with Crippen molar-refractivity contribution in [2.24, 2.45) is 0 Å². The Labute approximate surface area is 177 Å². The zero-order chi connectivity index (χ0) is 22.1. The van der Waals surface area contributed by atoms with Crippen LogP contribution in [0.2, 0.25) is 0 Å². The number of oxazole rings is 1. The van der Waals surface area contributed by atoms with Crippen molar-refractivity contribution in [2.75, 3.05) is 6.61 Å². The van der Waals surface area contributed by atoms with Crippen LogP contribution in [0, 0.1) is 43.4 Å². The second kappa shape index (κ2) is 7.81. The Morgan fingerprint density at radius 3 is 2.77 bits per heavy atom. The minimum atomic E-state index is -0.205. The van der Waals surface area contributed by atoms with E-state index in [1.54, 1.807) is 42.7 Å². The van der Waals surface area contributed by atoms with Gasteiger partial charge in [0.25, 0.3) is 0 Å². The van der Waals surface area contributed by atoms with Gasteiger partial charge in [0, 0.05) is 29.9 Å². The van der Waals surface area contributed by atoms with Crippen molar-refractivity contribution in [2.45, 2.75) is 27.2 Å². The second-order valence-electron chi connectivity index (χ2n) is 7.03. The maximum Gasteiger partial charge on any atom is 0.243 e. The molecule has 0 aliphatic carbocycles. The first kappa shape index (κ1) is 19.9. The van der Waals surface area contributed by atoms with Gasteiger partial charge in [-0.3, -0.25) is 9.36 Å². The molecular formula is C22H18N6O3. The first-order chi connectivity index (χ1) is 14.9. The number of carbonyl (C=O) groups excluding carboxylic acids is 1. The monoisotopic (exact) mass is 414 g/mol. The molecule has 0 amide bonds. The molecule has 9 nitrogen and oxygen atoms in total. The van der Waals surface area contributed by atoms with Gasteiger partial charge in [0.05, 0.1) is 23.5 Å². The quantitative estimate of drug-likeness (QED) is 0.477. The molecule has 3 aromatic heterocycles. The zero-order valence-electron chi connectivity index (χ0n) is 17.2. The fraction of sp³-hybridized carbons (Fsp3) is 0.227. The van der Waals surface area contributed by atoms with Crippen LogP contribution in [0.25, 0.3) is 16.9 Å². The third-order valence-corrected chi connectivity index (χ3v) is 4.88. The molecule has 3 heterocycles. The lowest BCUT2D eigenvalue weighted by Gasteiger charge is -2.07. The molecule has 0 atom stereocenters. The van der Waals surface area contributed by atoms with E-state index in [0.29, 0.717) is 34.6 Å². The highest BCUT2D eigenvalue weighted by atomic mass is 16.5. The van der Waals surface area contributed by atoms with E-state index in [9.17, 15) is 10.1 Å². The van der Waals surface area contributed by atoms with E-state index in [-0.39, 0.29) is 24.5 Å². The number of carbonyl (C=O) groups is 1. The molecule has 0 bridgehead atoms. The summed E-state index contributed by atoms with van der Waals surface area (Å²) >= 11 is 0. The summed E-state index contributed by atoms with van der Waals surface area (Å²) in [6.07, 6.45) is 0.192. The number of aromatic amines is 1. The second-order valence-corrected chi connectivity index (χ2v) is 7.03. The third-order valence-electron chi connectivity index (χ3n) is 4.88. The summed E-state index contributed by atoms with van der Waals surface area (Å²) in [7, 11) is 0. The molecule has 0 radical (unpaired) electrons. The number of nitrogens with one attached hydrogen (secondary N) is 1. The lowest BCUT2D eigenvalue weighted by molar-refractivity contribution is 0.0921. The van der Waals surface area contributed by atoms with Gasteiger partial charge in [-0.05, 0) is 32.0 Å². The number of ketones is 1. The number of benzene rings is 1. The minimum absolute atomic E-state index is 0.157. The number of imidazole rings is 1. The number of nitrogens with zero attached hydrogens (tertiary/aromatic N) is 5. The minimum Gasteiger partial charge on any atom is -0.485 e. The highest BCUT2D eigenvalue weighted by Crippen LogP contribution is 2.25. The van der Waals surface area contributed by atoms with Crippen LogP contribution in [-0.4, -0.2) is 31.9 Å². The molecule has 4 aromatic rings. The van der Waals surface area contributed by atoms with Gasteiger partial charge in [0.15, 0.2) is 12.5 Å². The molecule has 4 rings (SSSR count). The van der Waals surface area contributed by atoms with Crippen molar-refractivity contribution < 1.29 is 13.9 Å². The van der Waals surface area contributed by atoms with Crippen LogP contribution in [0.3, 0.4) is 0 Å². The molecule has 0 unspecified atom stereocenters. The lowest BCUT2D eigenvalue weighted by Crippen LogP contribution is -2.12. The van der Waals surface area contributed by atoms with E-state index in [1.165, 1.54) is 0 Å². The van der Waals surface area contributed by atoms with Crippen LogP contribution in [0.1, 0.15) is 39.2 Å². The smallest absolute Gasteiger partial charge is 0.243 e. The number of Topliss-reactive ketones (excluding diaryl/α,β-unsaturated/α-hetero) is 1. The van der Waals surface area contributed by atoms with Crippen molar-refractivity contribution in [3.05, 3.63) is 58.6 Å². The van der Waals surface area contributed by atoms with Crippen LogP contribution in [0.15, 0.2) is 28.7 Å². The summed E-state index contributed by atoms with van der Waals surface area (Å²) in [4.78, 5) is 24.3. The highest BCUT2D eigenvalue weighted by molar-refractivity contribution is 5.98. The van der Waals surface area contributed by atoms with Gasteiger partial charge in [-0.15, -0.1) is 0 Å². The molecule has 1 N–H and O–H groups in total. The molecule has 154 valence electrons. The van der Waals surface area contributed by atoms with Crippen molar-refractivity contribution in [3.63, 3.8) is 0 Å². The predicted molar refractivity (Wildman–Crippen MR) is 110 cm³/mol. The van der Waals surface area contributed by atoms with E-state index >= 15 is 0 Å². The summed E-state index contributed by atoms with van der Waals surface area (Å²) in [6.45, 7) is 5.12. The Kier molecular flexibility index (Phi) is 5.02. The summed E-state index contributed by atoms with van der Waals surface area (Å²) in [6, 6.07) is 11.1. The number of fused-ring (bicyclic) bond motifs is 1. The van der Waals surface area contributed by atoms with Gasteiger partial charge in [-0.25, -0.2) is 9.97 Å². The first-order valence-electron chi connectivity index (χ1n) is 9.49. The maximum absolute atomic E-state index is 12.8. The summed E-state index contributed by atoms with van der Waals surface area (Å²) in [5, 5.41) is 18.1. The highest BCUT2D eigenvalue weighted by Gasteiger charge is 2.22. The van der Waals surface area contributed by atoms with E-state index in [4.69, 9.17) is 14.4 Å². The average molecular weight is 414 g/mol. The molecular weight excluding hydrogens is 396 g/mol. The first-order valence-corrected chi connectivity index (χ1v) is 9.49. The van der Waals surface area contributed by atoms with Crippen molar-refractivity contribution >= 4 is 16.8 Å². The van der Waals surface area contributed by atoms with Gasteiger partial charge in [0.2, 0.25) is 17.4 Å². The molecule has 0 aliphatic rings. The molecule has 0 fully saturated rings. The van der Waals surface area contributed by atoms with E-state index in [1.807, 2.05) is 19.1 Å². The van der Waals surface area contributed by atoms with Crippen LogP contribution >= 0.6 is 0 Å². The van der Waals surface area contributed by atoms with Gasteiger partial charge in [-0.1, -0.05) is 0 Å². The summed E-state index contributed by atoms with van der Waals surface area (Å²) < 4.78 is 13.0. The van der Waals surface area contributed by atoms with Gasteiger partial charge in [-0.2, -0.15) is 10.5 Å². The van der Waals surface area contributed by atoms with Crippen molar-refractivity contribution in [1.82, 2.24) is 19.5 Å². The Hall–Kier alpha value is -4.37. The standard InChI is InChI=1S/C22H18N6O3/c1-12-8-16(13(2)28(12)22-19(10-24)25-14(3)31-22)20(29)11-30-15-4-5-17-18(9-15)27-21(26-17)6-7-23/h4-5,8-9H,6,11H2,1-3H3,(H,26,27). The number of rotatable bonds is 6. The lowest BCUT2D eigenvalue weighted by atomic mass is 10.1. The van der Waals surface area contributed by atoms with Crippen LogP contribution in [0.4, 0.5) is 0 Å². The van der Waals surface area contributed by atoms with Gasteiger partial charge < -0.3 is 14.1 Å². The van der Waals surface area contributed by atoms with Crippen LogP contribution in [-0.2, 0) is 6.42 Å². The zero-order valence-corrected chi connectivity index (χ0v) is 17.2. The number of hydrogen-bond acceptors (Lipinski definition) is 7. The Morgan fingerprint density at radius 1 is 1.23 bits per heavy atom. The molecule has 0 saturated carbocycles. The fourth-order valence-corrected chi connectivity index (χ4v) is 3.51. The molecule has 0 aliphatic heterocycles. The molecule has 9 heteroatoms. The number of aromatic nitrogens is 4.